The van der Waals surface area contributed by atoms with Crippen LogP contribution in [-0.2, 0) is 0 Å². The zero-order chi connectivity index (χ0) is 15.2. The number of hydrogen-bond acceptors (Lipinski definition) is 4. The van der Waals surface area contributed by atoms with E-state index in [1.807, 2.05) is 0 Å². The second-order valence-corrected chi connectivity index (χ2v) is 8.15. The van der Waals surface area contributed by atoms with Gasteiger partial charge in [-0.05, 0) is 0 Å². The molecule has 1 aliphatic heterocycles. The molecule has 5 rings (SSSR count). The summed E-state index contributed by atoms with van der Waals surface area (Å²) >= 11 is 0.197. The van der Waals surface area contributed by atoms with Gasteiger partial charge < -0.3 is 0 Å². The third-order valence-corrected chi connectivity index (χ3v) is 6.86. The fourth-order valence-electron chi connectivity index (χ4n) is 3.42. The second kappa shape index (κ2) is 5.29. The van der Waals surface area contributed by atoms with Crippen molar-refractivity contribution in [3.63, 3.8) is 0 Å². The second-order valence-electron chi connectivity index (χ2n) is 6.06. The SMILES string of the molecule is c1ccc2nc3[se]c4c(N5CCCCC5)ncnc4c3cc2c1. The Hall–Kier alpha value is -1.97. The molecule has 0 unspecified atom stereocenters. The summed E-state index contributed by atoms with van der Waals surface area (Å²) in [5.41, 5.74) is 2.18. The van der Waals surface area contributed by atoms with Gasteiger partial charge in [-0.15, -0.1) is 0 Å². The molecule has 4 heterocycles. The van der Waals surface area contributed by atoms with Crippen LogP contribution < -0.4 is 4.90 Å². The van der Waals surface area contributed by atoms with Gasteiger partial charge in [0.15, 0.2) is 0 Å². The molecule has 0 saturated carbocycles. The first-order chi connectivity index (χ1) is 11.4. The Morgan fingerprint density at radius 2 is 1.87 bits per heavy atom. The van der Waals surface area contributed by atoms with Crippen molar-refractivity contribution in [3.05, 3.63) is 36.7 Å². The molecule has 114 valence electrons. The number of para-hydroxylation sites is 1. The van der Waals surface area contributed by atoms with Gasteiger partial charge in [0.1, 0.15) is 0 Å². The topological polar surface area (TPSA) is 41.9 Å². The van der Waals surface area contributed by atoms with Crippen LogP contribution in [0.2, 0.25) is 0 Å². The molecule has 4 nitrogen and oxygen atoms in total. The Balaban J connectivity index is 1.79. The quantitative estimate of drug-likeness (QED) is 0.484. The van der Waals surface area contributed by atoms with Gasteiger partial charge in [0, 0.05) is 0 Å². The molecule has 23 heavy (non-hydrogen) atoms. The number of pyridine rings is 1. The van der Waals surface area contributed by atoms with Crippen LogP contribution in [0, 0.1) is 0 Å². The number of benzene rings is 1. The molecule has 1 fully saturated rings. The third kappa shape index (κ3) is 2.15. The van der Waals surface area contributed by atoms with Crippen molar-refractivity contribution < 1.29 is 0 Å². The van der Waals surface area contributed by atoms with E-state index in [2.05, 4.69) is 45.2 Å². The van der Waals surface area contributed by atoms with Crippen molar-refractivity contribution in [2.24, 2.45) is 0 Å². The minimum absolute atomic E-state index is 0.197. The van der Waals surface area contributed by atoms with Crippen molar-refractivity contribution in [1.29, 1.82) is 0 Å². The fraction of sp³-hybridized carbons (Fsp3) is 0.278. The summed E-state index contributed by atoms with van der Waals surface area (Å²) < 4.78 is 2.52. The number of hydrogen-bond donors (Lipinski definition) is 0. The fourth-order valence-corrected chi connectivity index (χ4v) is 5.81. The average Bonchev–Trinajstić information content (AvgIpc) is 2.98. The van der Waals surface area contributed by atoms with Gasteiger partial charge in [-0.1, -0.05) is 0 Å². The molecule has 0 atom stereocenters. The molecule has 1 aromatic carbocycles. The molecule has 1 saturated heterocycles. The van der Waals surface area contributed by atoms with E-state index < -0.39 is 0 Å². The summed E-state index contributed by atoms with van der Waals surface area (Å²) in [5.74, 6) is 1.15. The molecular formula is C18H16N4Se. The van der Waals surface area contributed by atoms with Crippen LogP contribution in [0.4, 0.5) is 5.82 Å². The van der Waals surface area contributed by atoms with Crippen LogP contribution in [0.15, 0.2) is 36.7 Å². The number of nitrogens with zero attached hydrogens (tertiary/aromatic N) is 4. The van der Waals surface area contributed by atoms with Crippen LogP contribution in [0.25, 0.3) is 30.5 Å². The van der Waals surface area contributed by atoms with Gasteiger partial charge in [-0.3, -0.25) is 0 Å². The first kappa shape index (κ1) is 13.5. The van der Waals surface area contributed by atoms with Crippen molar-refractivity contribution in [2.75, 3.05) is 18.0 Å². The first-order valence-electron chi connectivity index (χ1n) is 8.08. The number of anilines is 1. The van der Waals surface area contributed by atoms with Crippen molar-refractivity contribution >= 4 is 50.8 Å². The predicted octanol–water partition coefficient (Wildman–Crippen LogP) is 3.38. The maximum atomic E-state index is 4.90. The summed E-state index contributed by atoms with van der Waals surface area (Å²) in [7, 11) is 0. The number of rotatable bonds is 1. The van der Waals surface area contributed by atoms with Gasteiger partial charge in [-0.25, -0.2) is 0 Å². The van der Waals surface area contributed by atoms with E-state index >= 15 is 0 Å². The Morgan fingerprint density at radius 3 is 2.78 bits per heavy atom. The molecule has 5 heteroatoms. The van der Waals surface area contributed by atoms with Crippen LogP contribution in [0.5, 0.6) is 0 Å². The van der Waals surface area contributed by atoms with Crippen LogP contribution >= 0.6 is 0 Å². The van der Waals surface area contributed by atoms with E-state index in [1.54, 1.807) is 6.33 Å². The van der Waals surface area contributed by atoms with Crippen LogP contribution in [0.3, 0.4) is 0 Å². The Labute approximate surface area is 139 Å². The van der Waals surface area contributed by atoms with Gasteiger partial charge in [0.25, 0.3) is 0 Å². The first-order valence-corrected chi connectivity index (χ1v) is 9.79. The van der Waals surface area contributed by atoms with E-state index in [9.17, 15) is 0 Å². The van der Waals surface area contributed by atoms with Crippen molar-refractivity contribution in [2.45, 2.75) is 19.3 Å². The molecule has 0 amide bonds. The number of aromatic nitrogens is 3. The van der Waals surface area contributed by atoms with Gasteiger partial charge in [-0.2, -0.15) is 0 Å². The van der Waals surface area contributed by atoms with Gasteiger partial charge in [0.05, 0.1) is 0 Å². The molecule has 4 aromatic rings. The predicted molar refractivity (Wildman–Crippen MR) is 95.3 cm³/mol. The van der Waals surface area contributed by atoms with E-state index in [1.165, 1.54) is 38.7 Å². The third-order valence-electron chi connectivity index (χ3n) is 4.58. The molecule has 0 bridgehead atoms. The van der Waals surface area contributed by atoms with Gasteiger partial charge >= 0.3 is 140 Å². The summed E-state index contributed by atoms with van der Waals surface area (Å²) in [5, 5.41) is 2.40. The van der Waals surface area contributed by atoms with E-state index in [-0.39, 0.29) is 14.5 Å². The standard InChI is InChI=1S/C18H16N4Se/c1-4-8-22(9-5-1)17-16-15(19-11-20-17)13-10-12-6-2-3-7-14(12)21-18(13)23-16/h2-3,6-7,10-11H,1,4-5,8-9H2. The summed E-state index contributed by atoms with van der Waals surface area (Å²) in [4.78, 5) is 16.6. The Bertz CT molecular complexity index is 1020. The number of fused-ring (bicyclic) bond motifs is 4. The van der Waals surface area contributed by atoms with E-state index in [0.717, 1.165) is 29.9 Å². The summed E-state index contributed by atoms with van der Waals surface area (Å²) in [6, 6.07) is 10.6. The maximum absolute atomic E-state index is 4.90. The summed E-state index contributed by atoms with van der Waals surface area (Å²) in [6.45, 7) is 2.23. The normalized spacial score (nSPS) is 15.7. The molecule has 0 N–H and O–H groups in total. The molecule has 0 spiro atoms. The molecular weight excluding hydrogens is 351 g/mol. The van der Waals surface area contributed by atoms with E-state index in [0.29, 0.717) is 0 Å². The minimum atomic E-state index is 0.197. The Kier molecular flexibility index (Phi) is 3.10. The van der Waals surface area contributed by atoms with E-state index in [4.69, 9.17) is 4.98 Å². The molecule has 1 aliphatic rings. The monoisotopic (exact) mass is 368 g/mol. The summed E-state index contributed by atoms with van der Waals surface area (Å²) in [6.07, 6.45) is 5.59. The van der Waals surface area contributed by atoms with Crippen LogP contribution in [0.1, 0.15) is 19.3 Å². The molecule has 0 aliphatic carbocycles. The van der Waals surface area contributed by atoms with Crippen LogP contribution in [-0.4, -0.2) is 42.5 Å². The average molecular weight is 367 g/mol. The molecule has 3 aromatic heterocycles. The molecule has 0 radical (unpaired) electrons. The zero-order valence-electron chi connectivity index (χ0n) is 12.7. The van der Waals surface area contributed by atoms with Crippen molar-refractivity contribution in [1.82, 2.24) is 15.0 Å². The Morgan fingerprint density at radius 1 is 1.00 bits per heavy atom. The van der Waals surface area contributed by atoms with Crippen molar-refractivity contribution in [3.8, 4) is 0 Å². The number of piperidine rings is 1. The van der Waals surface area contributed by atoms with Gasteiger partial charge in [0.2, 0.25) is 0 Å². The zero-order valence-corrected chi connectivity index (χ0v) is 14.4.